The summed E-state index contributed by atoms with van der Waals surface area (Å²) in [5.74, 6) is -0.430. The van der Waals surface area contributed by atoms with Crippen LogP contribution < -0.4 is 4.74 Å². The van der Waals surface area contributed by atoms with Gasteiger partial charge in [0.15, 0.2) is 11.5 Å². The number of hydrogen-bond donors (Lipinski definition) is 0. The Morgan fingerprint density at radius 1 is 1.43 bits per heavy atom. The third-order valence-corrected chi connectivity index (χ3v) is 2.63. The van der Waals surface area contributed by atoms with Crippen LogP contribution in [0.25, 0.3) is 0 Å². The molecule has 0 aromatic carbocycles. The van der Waals surface area contributed by atoms with Crippen LogP contribution in [0.2, 0.25) is 0 Å². The number of hydrogen-bond acceptors (Lipinski definition) is 6. The summed E-state index contributed by atoms with van der Waals surface area (Å²) >= 11 is 0. The molecule has 21 heavy (non-hydrogen) atoms. The first-order chi connectivity index (χ1) is 10.0. The van der Waals surface area contributed by atoms with E-state index < -0.39 is 12.5 Å². The molecule has 0 saturated heterocycles. The molecule has 2 aromatic rings. The summed E-state index contributed by atoms with van der Waals surface area (Å²) in [6.45, 7) is -1.24. The minimum Gasteiger partial charge on any atom is -0.468 e. The first-order valence-electron chi connectivity index (χ1n) is 5.88. The molecule has 0 fully saturated rings. The molecule has 0 unspecified atom stereocenters. The standard InChI is InChI=1S/C12H12F2N4O3/c1-7-5-8(11(19)20-2)16-17-10(7)21-6-9-15-3-4-18(9)12(13)14/h3-5,12H,6H2,1-2H3. The highest BCUT2D eigenvalue weighted by Gasteiger charge is 2.14. The van der Waals surface area contributed by atoms with Gasteiger partial charge in [0, 0.05) is 18.0 Å². The molecule has 9 heteroatoms. The van der Waals surface area contributed by atoms with E-state index in [1.54, 1.807) is 6.92 Å². The van der Waals surface area contributed by atoms with Gasteiger partial charge in [-0.2, -0.15) is 8.78 Å². The highest BCUT2D eigenvalue weighted by molar-refractivity contribution is 5.87. The van der Waals surface area contributed by atoms with Crippen LogP contribution in [0.3, 0.4) is 0 Å². The molecule has 0 atom stereocenters. The smallest absolute Gasteiger partial charge is 0.358 e. The number of imidazole rings is 1. The van der Waals surface area contributed by atoms with Gasteiger partial charge in [-0.05, 0) is 13.0 Å². The number of ether oxygens (including phenoxy) is 2. The van der Waals surface area contributed by atoms with E-state index >= 15 is 0 Å². The summed E-state index contributed by atoms with van der Waals surface area (Å²) in [5.41, 5.74) is 0.567. The molecule has 0 amide bonds. The highest BCUT2D eigenvalue weighted by Crippen LogP contribution is 2.17. The third-order valence-electron chi connectivity index (χ3n) is 2.63. The van der Waals surface area contributed by atoms with Crippen LogP contribution in [0.4, 0.5) is 8.78 Å². The van der Waals surface area contributed by atoms with Crippen molar-refractivity contribution in [2.45, 2.75) is 20.1 Å². The molecule has 112 valence electrons. The van der Waals surface area contributed by atoms with Crippen molar-refractivity contribution in [3.05, 3.63) is 35.5 Å². The summed E-state index contributed by atoms with van der Waals surface area (Å²) in [5, 5.41) is 7.37. The van der Waals surface area contributed by atoms with E-state index in [0.717, 1.165) is 6.20 Å². The van der Waals surface area contributed by atoms with Gasteiger partial charge in [-0.3, -0.25) is 4.57 Å². The molecule has 0 bridgehead atoms. The Morgan fingerprint density at radius 3 is 2.81 bits per heavy atom. The summed E-state index contributed by atoms with van der Waals surface area (Å²) < 4.78 is 35.8. The zero-order valence-electron chi connectivity index (χ0n) is 11.3. The van der Waals surface area contributed by atoms with Crippen LogP contribution in [0, 0.1) is 6.92 Å². The molecule has 0 radical (unpaired) electrons. The van der Waals surface area contributed by atoms with Gasteiger partial charge in [-0.25, -0.2) is 9.78 Å². The number of rotatable bonds is 5. The van der Waals surface area contributed by atoms with E-state index in [1.807, 2.05) is 0 Å². The average molecular weight is 298 g/mol. The molecule has 2 heterocycles. The molecule has 2 aromatic heterocycles. The zero-order valence-corrected chi connectivity index (χ0v) is 11.3. The van der Waals surface area contributed by atoms with E-state index in [9.17, 15) is 13.6 Å². The van der Waals surface area contributed by atoms with Gasteiger partial charge < -0.3 is 9.47 Å². The summed E-state index contributed by atoms with van der Waals surface area (Å²) in [4.78, 5) is 15.1. The van der Waals surface area contributed by atoms with Crippen LogP contribution >= 0.6 is 0 Å². The average Bonchev–Trinajstić information content (AvgIpc) is 2.93. The van der Waals surface area contributed by atoms with Gasteiger partial charge in [0.05, 0.1) is 7.11 Å². The van der Waals surface area contributed by atoms with Gasteiger partial charge >= 0.3 is 12.5 Å². The maximum atomic E-state index is 12.6. The summed E-state index contributed by atoms with van der Waals surface area (Å²) in [6.07, 6.45) is 2.41. The van der Waals surface area contributed by atoms with E-state index in [1.165, 1.54) is 19.4 Å². The minimum atomic E-state index is -2.69. The van der Waals surface area contributed by atoms with Gasteiger partial charge in [-0.15, -0.1) is 10.2 Å². The predicted molar refractivity (Wildman–Crippen MR) is 65.9 cm³/mol. The predicted octanol–water partition coefficient (Wildman–Crippen LogP) is 1.74. The van der Waals surface area contributed by atoms with Gasteiger partial charge in [0.2, 0.25) is 5.88 Å². The topological polar surface area (TPSA) is 79.1 Å². The molecule has 2 rings (SSSR count). The second kappa shape index (κ2) is 6.25. The van der Waals surface area contributed by atoms with Gasteiger partial charge in [0.25, 0.3) is 0 Å². The maximum absolute atomic E-state index is 12.6. The van der Waals surface area contributed by atoms with Crippen LogP contribution in [0.5, 0.6) is 5.88 Å². The van der Waals surface area contributed by atoms with Crippen molar-refractivity contribution in [3.8, 4) is 5.88 Å². The van der Waals surface area contributed by atoms with Crippen molar-refractivity contribution >= 4 is 5.97 Å². The number of nitrogens with zero attached hydrogens (tertiary/aromatic N) is 4. The first kappa shape index (κ1) is 14.8. The van der Waals surface area contributed by atoms with Crippen molar-refractivity contribution in [3.63, 3.8) is 0 Å². The molecule has 0 aliphatic heterocycles. The monoisotopic (exact) mass is 298 g/mol. The SMILES string of the molecule is COC(=O)c1cc(C)c(OCc2nccn2C(F)F)nn1. The van der Waals surface area contributed by atoms with E-state index in [4.69, 9.17) is 4.74 Å². The van der Waals surface area contributed by atoms with E-state index in [-0.39, 0.29) is 24.0 Å². The molecular weight excluding hydrogens is 286 g/mol. The number of aryl methyl sites for hydroxylation is 1. The lowest BCUT2D eigenvalue weighted by Crippen LogP contribution is -2.10. The Hall–Kier alpha value is -2.58. The molecule has 0 aliphatic rings. The molecular formula is C12H12F2N4O3. The van der Waals surface area contributed by atoms with E-state index in [2.05, 4.69) is 19.9 Å². The molecule has 0 aliphatic carbocycles. The number of halogens is 2. The molecule has 7 nitrogen and oxygen atoms in total. The molecule has 0 N–H and O–H groups in total. The number of aromatic nitrogens is 4. The summed E-state index contributed by atoms with van der Waals surface area (Å²) in [6, 6.07) is 1.44. The third kappa shape index (κ3) is 3.30. The van der Waals surface area contributed by atoms with Crippen LogP contribution in [-0.2, 0) is 11.3 Å². The van der Waals surface area contributed by atoms with Crippen molar-refractivity contribution in [1.29, 1.82) is 0 Å². The Balaban J connectivity index is 2.10. The quantitative estimate of drug-likeness (QED) is 0.782. The largest absolute Gasteiger partial charge is 0.468 e. The van der Waals surface area contributed by atoms with Crippen molar-refractivity contribution < 1.29 is 23.0 Å². The minimum absolute atomic E-state index is 0.0384. The van der Waals surface area contributed by atoms with Gasteiger partial charge in [0.1, 0.15) is 6.61 Å². The summed E-state index contributed by atoms with van der Waals surface area (Å²) in [7, 11) is 1.23. The Kier molecular flexibility index (Phi) is 4.41. The van der Waals surface area contributed by atoms with Gasteiger partial charge in [-0.1, -0.05) is 0 Å². The lowest BCUT2D eigenvalue weighted by Gasteiger charge is -2.09. The van der Waals surface area contributed by atoms with Crippen molar-refractivity contribution in [2.75, 3.05) is 7.11 Å². The normalized spacial score (nSPS) is 10.7. The highest BCUT2D eigenvalue weighted by atomic mass is 19.3. The molecule has 0 saturated carbocycles. The van der Waals surface area contributed by atoms with Crippen molar-refractivity contribution in [1.82, 2.24) is 19.7 Å². The number of methoxy groups -OCH3 is 1. The fraction of sp³-hybridized carbons (Fsp3) is 0.333. The second-order valence-corrected chi connectivity index (χ2v) is 4.03. The fourth-order valence-electron chi connectivity index (χ4n) is 1.59. The lowest BCUT2D eigenvalue weighted by atomic mass is 10.3. The number of esters is 1. The number of carbonyl (C=O) groups is 1. The second-order valence-electron chi connectivity index (χ2n) is 4.03. The van der Waals surface area contributed by atoms with Crippen molar-refractivity contribution in [2.24, 2.45) is 0 Å². The van der Waals surface area contributed by atoms with E-state index in [0.29, 0.717) is 10.1 Å². The van der Waals surface area contributed by atoms with Crippen LogP contribution in [0.15, 0.2) is 18.5 Å². The maximum Gasteiger partial charge on any atom is 0.358 e. The van der Waals surface area contributed by atoms with Crippen LogP contribution in [-0.4, -0.2) is 32.8 Å². The number of alkyl halides is 2. The zero-order chi connectivity index (χ0) is 15.4. The first-order valence-corrected chi connectivity index (χ1v) is 5.88. The Labute approximate surface area is 118 Å². The lowest BCUT2D eigenvalue weighted by molar-refractivity contribution is 0.0589. The Morgan fingerprint density at radius 2 is 2.19 bits per heavy atom. The number of carbonyl (C=O) groups excluding carboxylic acids is 1. The molecule has 0 spiro atoms. The fourth-order valence-corrected chi connectivity index (χ4v) is 1.59. The Bertz CT molecular complexity index is 645. The van der Waals surface area contributed by atoms with Crippen LogP contribution in [0.1, 0.15) is 28.4 Å².